The summed E-state index contributed by atoms with van der Waals surface area (Å²) < 4.78 is 0. The quantitative estimate of drug-likeness (QED) is 0.876. The fourth-order valence-corrected chi connectivity index (χ4v) is 1.78. The average Bonchev–Trinajstić information content (AvgIpc) is 2.48. The first-order chi connectivity index (χ1) is 9.72. The van der Waals surface area contributed by atoms with E-state index in [9.17, 15) is 4.79 Å². The van der Waals surface area contributed by atoms with Crippen molar-refractivity contribution in [1.29, 1.82) is 0 Å². The lowest BCUT2D eigenvalue weighted by Crippen LogP contribution is -2.14. The summed E-state index contributed by atoms with van der Waals surface area (Å²) in [6, 6.07) is 7.77. The number of anilines is 2. The minimum Gasteiger partial charge on any atom is -0.369 e. The summed E-state index contributed by atoms with van der Waals surface area (Å²) >= 11 is 0. The topological polar surface area (TPSA) is 66.9 Å². The van der Waals surface area contributed by atoms with Gasteiger partial charge in [0.15, 0.2) is 0 Å². The van der Waals surface area contributed by atoms with E-state index in [4.69, 9.17) is 0 Å². The maximum absolute atomic E-state index is 12.0. The van der Waals surface area contributed by atoms with E-state index in [-0.39, 0.29) is 5.91 Å². The lowest BCUT2D eigenvalue weighted by molar-refractivity contribution is 0.102. The van der Waals surface area contributed by atoms with E-state index in [1.54, 1.807) is 6.20 Å². The Hall–Kier alpha value is -2.43. The Morgan fingerprint density at radius 3 is 2.70 bits per heavy atom. The van der Waals surface area contributed by atoms with Crippen LogP contribution in [0.1, 0.15) is 29.9 Å². The molecule has 0 saturated heterocycles. The van der Waals surface area contributed by atoms with Gasteiger partial charge in [-0.3, -0.25) is 4.79 Å². The van der Waals surface area contributed by atoms with E-state index in [1.807, 2.05) is 31.2 Å². The predicted octanol–water partition coefficient (Wildman–Crippen LogP) is 2.72. The van der Waals surface area contributed by atoms with Gasteiger partial charge in [-0.2, -0.15) is 0 Å². The smallest absolute Gasteiger partial charge is 0.275 e. The van der Waals surface area contributed by atoms with Gasteiger partial charge in [0, 0.05) is 12.2 Å². The summed E-state index contributed by atoms with van der Waals surface area (Å²) in [4.78, 5) is 20.3. The first kappa shape index (κ1) is 14.0. The molecule has 1 aromatic carbocycles. The van der Waals surface area contributed by atoms with E-state index < -0.39 is 0 Å². The Morgan fingerprint density at radius 2 is 2.05 bits per heavy atom. The van der Waals surface area contributed by atoms with Crippen molar-refractivity contribution in [3.8, 4) is 0 Å². The summed E-state index contributed by atoms with van der Waals surface area (Å²) in [7, 11) is 0. The molecule has 0 fully saturated rings. The Kier molecular flexibility index (Phi) is 4.65. The Morgan fingerprint density at radius 1 is 1.20 bits per heavy atom. The van der Waals surface area contributed by atoms with Crippen molar-refractivity contribution in [3.63, 3.8) is 0 Å². The molecular weight excluding hydrogens is 252 g/mol. The van der Waals surface area contributed by atoms with E-state index in [1.165, 1.54) is 11.8 Å². The minimum atomic E-state index is -0.256. The molecule has 2 N–H and O–H groups in total. The first-order valence-electron chi connectivity index (χ1n) is 6.69. The molecule has 1 aromatic heterocycles. The molecule has 2 rings (SSSR count). The van der Waals surface area contributed by atoms with E-state index in [2.05, 4.69) is 27.5 Å². The normalized spacial score (nSPS) is 10.1. The third-order valence-electron chi connectivity index (χ3n) is 2.84. The van der Waals surface area contributed by atoms with Gasteiger partial charge >= 0.3 is 0 Å². The van der Waals surface area contributed by atoms with Gasteiger partial charge < -0.3 is 10.6 Å². The third kappa shape index (κ3) is 3.54. The summed E-state index contributed by atoms with van der Waals surface area (Å²) in [5.41, 5.74) is 2.25. The van der Waals surface area contributed by atoms with Crippen molar-refractivity contribution < 1.29 is 4.79 Å². The van der Waals surface area contributed by atoms with Crippen LogP contribution < -0.4 is 10.6 Å². The third-order valence-corrected chi connectivity index (χ3v) is 2.84. The average molecular weight is 270 g/mol. The van der Waals surface area contributed by atoms with Crippen molar-refractivity contribution >= 4 is 17.4 Å². The molecule has 1 heterocycles. The number of nitrogens with one attached hydrogen (secondary N) is 2. The highest BCUT2D eigenvalue weighted by Gasteiger charge is 2.08. The van der Waals surface area contributed by atoms with Gasteiger partial charge in [-0.15, -0.1) is 0 Å². The molecule has 1 amide bonds. The summed E-state index contributed by atoms with van der Waals surface area (Å²) in [5.74, 6) is 0.408. The Labute approximate surface area is 118 Å². The molecule has 5 nitrogen and oxygen atoms in total. The molecule has 0 aliphatic rings. The zero-order valence-electron chi connectivity index (χ0n) is 11.7. The highest BCUT2D eigenvalue weighted by Crippen LogP contribution is 2.12. The fourth-order valence-electron chi connectivity index (χ4n) is 1.78. The van der Waals surface area contributed by atoms with Gasteiger partial charge in [-0.25, -0.2) is 9.97 Å². The van der Waals surface area contributed by atoms with Crippen LogP contribution in [0.25, 0.3) is 0 Å². The number of benzene rings is 1. The maximum Gasteiger partial charge on any atom is 0.275 e. The van der Waals surface area contributed by atoms with Crippen LogP contribution in [-0.2, 0) is 6.42 Å². The number of hydrogen-bond donors (Lipinski definition) is 2. The molecule has 0 aliphatic heterocycles. The second-order valence-electron chi connectivity index (χ2n) is 4.33. The highest BCUT2D eigenvalue weighted by atomic mass is 16.1. The van der Waals surface area contributed by atoms with Crippen LogP contribution in [0.5, 0.6) is 0 Å². The molecular formula is C15H18N4O. The van der Waals surface area contributed by atoms with Crippen LogP contribution in [-0.4, -0.2) is 22.4 Å². The van der Waals surface area contributed by atoms with E-state index in [0.29, 0.717) is 11.5 Å². The number of aryl methyl sites for hydroxylation is 1. The minimum absolute atomic E-state index is 0.256. The number of carbonyl (C=O) groups is 1. The summed E-state index contributed by atoms with van der Waals surface area (Å²) in [6.45, 7) is 4.82. The van der Waals surface area contributed by atoms with Crippen LogP contribution >= 0.6 is 0 Å². The Bertz CT molecular complexity index is 581. The number of hydrogen-bond acceptors (Lipinski definition) is 4. The second kappa shape index (κ2) is 6.65. The fraction of sp³-hybridized carbons (Fsp3) is 0.267. The van der Waals surface area contributed by atoms with Crippen LogP contribution in [0.15, 0.2) is 36.7 Å². The number of nitrogens with zero attached hydrogens (tertiary/aromatic N) is 2. The van der Waals surface area contributed by atoms with Crippen LogP contribution in [0, 0.1) is 0 Å². The van der Waals surface area contributed by atoms with Crippen molar-refractivity contribution in [2.24, 2.45) is 0 Å². The molecule has 0 bridgehead atoms. The first-order valence-corrected chi connectivity index (χ1v) is 6.69. The second-order valence-corrected chi connectivity index (χ2v) is 4.33. The van der Waals surface area contributed by atoms with Gasteiger partial charge in [0.25, 0.3) is 5.91 Å². The molecule has 5 heteroatoms. The monoisotopic (exact) mass is 270 g/mol. The van der Waals surface area contributed by atoms with Crippen molar-refractivity contribution in [2.45, 2.75) is 20.3 Å². The van der Waals surface area contributed by atoms with Gasteiger partial charge in [0.1, 0.15) is 11.5 Å². The van der Waals surface area contributed by atoms with Crippen LogP contribution in [0.3, 0.4) is 0 Å². The zero-order chi connectivity index (χ0) is 14.4. The molecule has 20 heavy (non-hydrogen) atoms. The molecule has 2 aromatic rings. The lowest BCUT2D eigenvalue weighted by atomic mass is 10.1. The van der Waals surface area contributed by atoms with Crippen molar-refractivity contribution in [2.75, 3.05) is 17.2 Å². The van der Waals surface area contributed by atoms with Gasteiger partial charge in [0.2, 0.25) is 0 Å². The van der Waals surface area contributed by atoms with Crippen molar-refractivity contribution in [1.82, 2.24) is 9.97 Å². The van der Waals surface area contributed by atoms with Crippen LogP contribution in [0.2, 0.25) is 0 Å². The molecule has 0 radical (unpaired) electrons. The molecule has 0 unspecified atom stereocenters. The van der Waals surface area contributed by atoms with Crippen LogP contribution in [0.4, 0.5) is 11.5 Å². The van der Waals surface area contributed by atoms with Crippen molar-refractivity contribution in [3.05, 3.63) is 47.9 Å². The number of aromatic nitrogens is 2. The van der Waals surface area contributed by atoms with E-state index >= 15 is 0 Å². The van der Waals surface area contributed by atoms with Gasteiger partial charge in [0.05, 0.1) is 12.4 Å². The molecule has 0 aliphatic carbocycles. The molecule has 0 atom stereocenters. The van der Waals surface area contributed by atoms with E-state index in [0.717, 1.165) is 18.7 Å². The molecule has 0 saturated carbocycles. The standard InChI is InChI=1S/C15H18N4O/c1-3-11-6-5-7-12(8-11)19-15(20)13-9-18-14(10-17-13)16-4-2/h5-10H,3-4H2,1-2H3,(H,16,18)(H,19,20). The number of amides is 1. The zero-order valence-corrected chi connectivity index (χ0v) is 11.7. The Balaban J connectivity index is 2.07. The summed E-state index contributed by atoms with van der Waals surface area (Å²) in [6.07, 6.45) is 3.96. The van der Waals surface area contributed by atoms with Gasteiger partial charge in [-0.05, 0) is 31.0 Å². The highest BCUT2D eigenvalue weighted by molar-refractivity contribution is 6.02. The lowest BCUT2D eigenvalue weighted by Gasteiger charge is -2.07. The largest absolute Gasteiger partial charge is 0.369 e. The summed E-state index contributed by atoms with van der Waals surface area (Å²) in [5, 5.41) is 5.86. The number of carbonyl (C=O) groups excluding carboxylic acids is 1. The molecule has 0 spiro atoms. The maximum atomic E-state index is 12.0. The SMILES string of the molecule is CCNc1cnc(C(=O)Nc2cccc(CC)c2)cn1. The predicted molar refractivity (Wildman–Crippen MR) is 80.0 cm³/mol. The van der Waals surface area contributed by atoms with Gasteiger partial charge in [-0.1, -0.05) is 19.1 Å². The molecule has 104 valence electrons. The number of rotatable bonds is 5.